The molecule has 0 amide bonds. The summed E-state index contributed by atoms with van der Waals surface area (Å²) in [7, 11) is 0. The fourth-order valence-corrected chi connectivity index (χ4v) is 1.83. The fourth-order valence-electron chi connectivity index (χ4n) is 1.49. The van der Waals surface area contributed by atoms with E-state index in [4.69, 9.17) is 0 Å². The molecule has 0 aromatic heterocycles. The van der Waals surface area contributed by atoms with Gasteiger partial charge in [0.2, 0.25) is 0 Å². The second-order valence-electron chi connectivity index (χ2n) is 3.69. The second-order valence-corrected chi connectivity index (χ2v) is 4.55. The first-order valence-electron chi connectivity index (χ1n) is 5.20. The summed E-state index contributed by atoms with van der Waals surface area (Å²) in [6.45, 7) is 0.127. The van der Waals surface area contributed by atoms with E-state index in [1.165, 1.54) is 12.1 Å². The van der Waals surface area contributed by atoms with Crippen LogP contribution >= 0.6 is 15.9 Å². The molecule has 2 aromatic carbocycles. The van der Waals surface area contributed by atoms with Crippen molar-refractivity contribution in [2.24, 2.45) is 0 Å². The summed E-state index contributed by atoms with van der Waals surface area (Å²) in [5, 5.41) is 2.73. The van der Waals surface area contributed by atoms with Crippen LogP contribution in [-0.4, -0.2) is 0 Å². The Bertz CT molecular complexity index is 572. The average molecular weight is 316 g/mol. The fraction of sp³-hybridized carbons (Fsp3) is 0.0769. The predicted octanol–water partition coefficient (Wildman–Crippen LogP) is 4.48. The van der Waals surface area contributed by atoms with Crippen molar-refractivity contribution in [3.63, 3.8) is 0 Å². The summed E-state index contributed by atoms with van der Waals surface area (Å²) < 4.78 is 39.9. The highest BCUT2D eigenvalue weighted by atomic mass is 79.9. The van der Waals surface area contributed by atoms with Crippen LogP contribution in [0.1, 0.15) is 5.56 Å². The van der Waals surface area contributed by atoms with Gasteiger partial charge in [-0.1, -0.05) is 18.2 Å². The third-order valence-electron chi connectivity index (χ3n) is 2.44. The molecular formula is C13H9BrF3N. The highest BCUT2D eigenvalue weighted by Gasteiger charge is 2.08. The average Bonchev–Trinajstić information content (AvgIpc) is 2.34. The maximum absolute atomic E-state index is 13.4. The van der Waals surface area contributed by atoms with Crippen LogP contribution < -0.4 is 5.32 Å². The molecule has 0 bridgehead atoms. The molecule has 0 aliphatic carbocycles. The van der Waals surface area contributed by atoms with Gasteiger partial charge in [0.15, 0.2) is 0 Å². The van der Waals surface area contributed by atoms with Gasteiger partial charge in [-0.2, -0.15) is 0 Å². The molecule has 18 heavy (non-hydrogen) atoms. The van der Waals surface area contributed by atoms with Gasteiger partial charge in [0.1, 0.15) is 17.5 Å². The molecule has 0 heterocycles. The Kier molecular flexibility index (Phi) is 3.91. The van der Waals surface area contributed by atoms with Crippen LogP contribution in [0.25, 0.3) is 0 Å². The van der Waals surface area contributed by atoms with Gasteiger partial charge in [0.05, 0.1) is 10.2 Å². The number of benzene rings is 2. The van der Waals surface area contributed by atoms with Crippen LogP contribution in [0.5, 0.6) is 0 Å². The number of rotatable bonds is 3. The van der Waals surface area contributed by atoms with E-state index in [1.807, 2.05) is 0 Å². The summed E-state index contributed by atoms with van der Waals surface area (Å²) in [6, 6.07) is 8.25. The highest BCUT2D eigenvalue weighted by molar-refractivity contribution is 9.10. The smallest absolute Gasteiger partial charge is 0.149 e. The van der Waals surface area contributed by atoms with Crippen LogP contribution in [0.4, 0.5) is 18.9 Å². The molecule has 0 aliphatic heterocycles. The number of halogens is 4. The highest BCUT2D eigenvalue weighted by Crippen LogP contribution is 2.24. The maximum atomic E-state index is 13.4. The van der Waals surface area contributed by atoms with Gasteiger partial charge in [-0.05, 0) is 28.1 Å². The summed E-state index contributed by atoms with van der Waals surface area (Å²) in [4.78, 5) is 0. The first kappa shape index (κ1) is 13.0. The van der Waals surface area contributed by atoms with E-state index < -0.39 is 11.6 Å². The van der Waals surface area contributed by atoms with Crippen molar-refractivity contribution >= 4 is 21.6 Å². The Morgan fingerprint density at radius 1 is 0.944 bits per heavy atom. The summed E-state index contributed by atoms with van der Waals surface area (Å²) in [5.41, 5.74) is 0.531. The Morgan fingerprint density at radius 2 is 1.67 bits per heavy atom. The van der Waals surface area contributed by atoms with Gasteiger partial charge in [-0.25, -0.2) is 13.2 Å². The first-order valence-corrected chi connectivity index (χ1v) is 5.99. The molecule has 0 fully saturated rings. The third kappa shape index (κ3) is 2.85. The van der Waals surface area contributed by atoms with Gasteiger partial charge in [0.25, 0.3) is 0 Å². The lowest BCUT2D eigenvalue weighted by atomic mass is 10.2. The summed E-state index contributed by atoms with van der Waals surface area (Å²) >= 11 is 2.97. The largest absolute Gasteiger partial charge is 0.378 e. The molecule has 2 rings (SSSR count). The predicted molar refractivity (Wildman–Crippen MR) is 67.8 cm³/mol. The Hall–Kier alpha value is -1.49. The van der Waals surface area contributed by atoms with Crippen molar-refractivity contribution in [1.29, 1.82) is 0 Å². The van der Waals surface area contributed by atoms with Crippen molar-refractivity contribution in [2.45, 2.75) is 6.54 Å². The lowest BCUT2D eigenvalue weighted by molar-refractivity contribution is 0.580. The van der Waals surface area contributed by atoms with E-state index >= 15 is 0 Å². The number of hydrogen-bond donors (Lipinski definition) is 1. The van der Waals surface area contributed by atoms with Gasteiger partial charge in [0, 0.05) is 18.2 Å². The molecule has 2 aromatic rings. The van der Waals surface area contributed by atoms with Crippen molar-refractivity contribution < 1.29 is 13.2 Å². The zero-order valence-electron chi connectivity index (χ0n) is 9.18. The molecule has 0 saturated carbocycles. The van der Waals surface area contributed by atoms with E-state index in [9.17, 15) is 13.2 Å². The van der Waals surface area contributed by atoms with E-state index in [2.05, 4.69) is 21.2 Å². The molecule has 0 unspecified atom stereocenters. The SMILES string of the molecule is Fc1cc(F)c(NCc2ccccc2F)cc1Br. The van der Waals surface area contributed by atoms with Crippen molar-refractivity contribution in [1.82, 2.24) is 0 Å². The first-order chi connectivity index (χ1) is 8.58. The van der Waals surface area contributed by atoms with Crippen LogP contribution in [-0.2, 0) is 6.54 Å². The lowest BCUT2D eigenvalue weighted by Crippen LogP contribution is -2.03. The quantitative estimate of drug-likeness (QED) is 0.823. The molecule has 94 valence electrons. The minimum atomic E-state index is -0.716. The molecule has 0 radical (unpaired) electrons. The van der Waals surface area contributed by atoms with Crippen LogP contribution in [0.15, 0.2) is 40.9 Å². The van der Waals surface area contributed by atoms with Crippen LogP contribution in [0.2, 0.25) is 0 Å². The van der Waals surface area contributed by atoms with Crippen molar-refractivity contribution in [3.05, 3.63) is 63.9 Å². The minimum absolute atomic E-state index is 0.117. The summed E-state index contributed by atoms with van der Waals surface area (Å²) in [6.07, 6.45) is 0. The van der Waals surface area contributed by atoms with E-state index in [0.29, 0.717) is 5.56 Å². The van der Waals surface area contributed by atoms with Crippen LogP contribution in [0.3, 0.4) is 0 Å². The minimum Gasteiger partial charge on any atom is -0.378 e. The molecule has 0 atom stereocenters. The van der Waals surface area contributed by atoms with Crippen molar-refractivity contribution in [3.8, 4) is 0 Å². The zero-order valence-corrected chi connectivity index (χ0v) is 10.8. The van der Waals surface area contributed by atoms with E-state index in [-0.39, 0.29) is 22.5 Å². The standard InChI is InChI=1S/C13H9BrF3N/c14-9-5-13(12(17)6-11(9)16)18-7-8-3-1-2-4-10(8)15/h1-6,18H,7H2. The Labute approximate surface area is 111 Å². The van der Waals surface area contributed by atoms with E-state index in [1.54, 1.807) is 18.2 Å². The topological polar surface area (TPSA) is 12.0 Å². The Balaban J connectivity index is 2.16. The monoisotopic (exact) mass is 315 g/mol. The van der Waals surface area contributed by atoms with Crippen LogP contribution in [0, 0.1) is 17.5 Å². The normalized spacial score (nSPS) is 10.4. The number of hydrogen-bond acceptors (Lipinski definition) is 1. The second kappa shape index (κ2) is 5.44. The van der Waals surface area contributed by atoms with Gasteiger partial charge in [-0.15, -0.1) is 0 Å². The zero-order chi connectivity index (χ0) is 13.1. The maximum Gasteiger partial charge on any atom is 0.149 e. The van der Waals surface area contributed by atoms with E-state index in [0.717, 1.165) is 6.07 Å². The summed E-state index contributed by atoms with van der Waals surface area (Å²) in [5.74, 6) is -1.76. The third-order valence-corrected chi connectivity index (χ3v) is 3.04. The lowest BCUT2D eigenvalue weighted by Gasteiger charge is -2.09. The van der Waals surface area contributed by atoms with Crippen molar-refractivity contribution in [2.75, 3.05) is 5.32 Å². The molecular weight excluding hydrogens is 307 g/mol. The van der Waals surface area contributed by atoms with Gasteiger partial charge in [-0.3, -0.25) is 0 Å². The molecule has 0 saturated heterocycles. The molecule has 0 spiro atoms. The molecule has 1 nitrogen and oxygen atoms in total. The molecule has 1 N–H and O–H groups in total. The van der Waals surface area contributed by atoms with Gasteiger partial charge >= 0.3 is 0 Å². The molecule has 5 heteroatoms. The number of nitrogens with one attached hydrogen (secondary N) is 1. The Morgan fingerprint density at radius 3 is 2.39 bits per heavy atom. The van der Waals surface area contributed by atoms with Gasteiger partial charge < -0.3 is 5.32 Å². The molecule has 0 aliphatic rings. The number of anilines is 1.